The van der Waals surface area contributed by atoms with Crippen LogP contribution in [0.25, 0.3) is 5.65 Å². The summed E-state index contributed by atoms with van der Waals surface area (Å²) in [4.78, 5) is 28.7. The number of aromatic nitrogens is 3. The van der Waals surface area contributed by atoms with Gasteiger partial charge in [-0.05, 0) is 25.0 Å². The number of carbonyl (C=O) groups is 2. The molecular weight excluding hydrogens is 318 g/mol. The first kappa shape index (κ1) is 16.8. The molecule has 6 nitrogen and oxygen atoms in total. The molecule has 0 fully saturated rings. The number of hydrogen-bond donors (Lipinski definition) is 0. The number of rotatable bonds is 6. The van der Waals surface area contributed by atoms with E-state index >= 15 is 0 Å². The molecule has 1 aromatic carbocycles. The predicted octanol–water partition coefficient (Wildman–Crippen LogP) is 3.03. The second kappa shape index (κ2) is 7.25. The lowest BCUT2D eigenvalue weighted by Crippen LogP contribution is -2.15. The van der Waals surface area contributed by atoms with E-state index in [1.165, 1.54) is 10.1 Å². The van der Waals surface area contributed by atoms with Crippen molar-refractivity contribution in [2.45, 2.75) is 26.7 Å². The number of esters is 1. The van der Waals surface area contributed by atoms with Crippen molar-refractivity contribution in [1.82, 2.24) is 14.6 Å². The molecule has 0 bridgehead atoms. The zero-order valence-corrected chi connectivity index (χ0v) is 14.2. The molecule has 2 heterocycles. The number of nitrogens with zero attached hydrogens (tertiary/aromatic N) is 3. The van der Waals surface area contributed by atoms with Crippen molar-refractivity contribution in [2.24, 2.45) is 0 Å². The van der Waals surface area contributed by atoms with Gasteiger partial charge in [0.2, 0.25) is 0 Å². The van der Waals surface area contributed by atoms with Gasteiger partial charge in [-0.3, -0.25) is 4.79 Å². The average molecular weight is 337 g/mol. The van der Waals surface area contributed by atoms with Crippen LogP contribution in [0.2, 0.25) is 0 Å². The van der Waals surface area contributed by atoms with E-state index < -0.39 is 5.97 Å². The minimum Gasteiger partial charge on any atom is -0.454 e. The van der Waals surface area contributed by atoms with Crippen molar-refractivity contribution in [2.75, 3.05) is 6.61 Å². The van der Waals surface area contributed by atoms with Crippen molar-refractivity contribution in [3.8, 4) is 0 Å². The third-order valence-electron chi connectivity index (χ3n) is 3.92. The van der Waals surface area contributed by atoms with Crippen LogP contribution in [0.4, 0.5) is 0 Å². The number of ketones is 1. The average Bonchev–Trinajstić information content (AvgIpc) is 2.96. The summed E-state index contributed by atoms with van der Waals surface area (Å²) in [7, 11) is 0. The van der Waals surface area contributed by atoms with Crippen molar-refractivity contribution in [1.29, 1.82) is 0 Å². The third kappa shape index (κ3) is 3.57. The quantitative estimate of drug-likeness (QED) is 0.510. The fraction of sp³-hybridized carbons (Fsp3) is 0.263. The number of carbonyl (C=O) groups excluding carboxylic acids is 2. The molecule has 0 radical (unpaired) electrons. The maximum atomic E-state index is 12.3. The summed E-state index contributed by atoms with van der Waals surface area (Å²) >= 11 is 0. The molecule has 0 aliphatic heterocycles. The topological polar surface area (TPSA) is 73.6 Å². The molecule has 0 aliphatic rings. The molecule has 2 aromatic heterocycles. The lowest BCUT2D eigenvalue weighted by molar-refractivity contribution is 0.0475. The third-order valence-corrected chi connectivity index (χ3v) is 3.92. The summed E-state index contributed by atoms with van der Waals surface area (Å²) in [5.74, 6) is -0.833. The molecule has 25 heavy (non-hydrogen) atoms. The zero-order valence-electron chi connectivity index (χ0n) is 14.2. The molecule has 0 aliphatic carbocycles. The van der Waals surface area contributed by atoms with Crippen LogP contribution in [0.3, 0.4) is 0 Å². The molecule has 0 amide bonds. The van der Waals surface area contributed by atoms with Crippen molar-refractivity contribution in [3.63, 3.8) is 0 Å². The fourth-order valence-electron chi connectivity index (χ4n) is 2.67. The Kier molecular flexibility index (Phi) is 4.88. The van der Waals surface area contributed by atoms with Gasteiger partial charge in [-0.15, -0.1) is 0 Å². The van der Waals surface area contributed by atoms with Gasteiger partial charge < -0.3 is 4.74 Å². The number of fused-ring (bicyclic) bond motifs is 1. The molecule has 3 rings (SSSR count). The summed E-state index contributed by atoms with van der Waals surface area (Å²) in [6, 6.07) is 9.11. The number of ether oxygens (including phenoxy) is 1. The van der Waals surface area contributed by atoms with Gasteiger partial charge in [0.05, 0.1) is 5.69 Å². The van der Waals surface area contributed by atoms with E-state index in [0.717, 1.165) is 12.8 Å². The van der Waals surface area contributed by atoms with E-state index in [9.17, 15) is 9.59 Å². The Morgan fingerprint density at radius 1 is 1.20 bits per heavy atom. The van der Waals surface area contributed by atoms with Crippen LogP contribution in [0.15, 0.2) is 42.7 Å². The maximum absolute atomic E-state index is 12.3. The van der Waals surface area contributed by atoms with E-state index in [1.807, 2.05) is 12.1 Å². The zero-order chi connectivity index (χ0) is 17.8. The molecule has 3 aromatic rings. The van der Waals surface area contributed by atoms with E-state index in [1.54, 1.807) is 37.5 Å². The molecule has 0 unspecified atom stereocenters. The lowest BCUT2D eigenvalue weighted by Gasteiger charge is -2.05. The van der Waals surface area contributed by atoms with E-state index in [0.29, 0.717) is 16.9 Å². The monoisotopic (exact) mass is 337 g/mol. The number of aryl methyl sites for hydroxylation is 2. The molecule has 0 N–H and O–H groups in total. The number of Topliss-reactive ketones (excluding diaryl/α,β-unsaturated/α-hetero) is 1. The molecule has 6 heteroatoms. The first-order valence-corrected chi connectivity index (χ1v) is 8.19. The van der Waals surface area contributed by atoms with Crippen LogP contribution in [-0.2, 0) is 11.2 Å². The van der Waals surface area contributed by atoms with Crippen LogP contribution in [0, 0.1) is 6.92 Å². The summed E-state index contributed by atoms with van der Waals surface area (Å²) < 4.78 is 6.70. The highest BCUT2D eigenvalue weighted by atomic mass is 16.5. The molecule has 0 spiro atoms. The lowest BCUT2D eigenvalue weighted by atomic mass is 10.1. The van der Waals surface area contributed by atoms with E-state index in [4.69, 9.17) is 4.74 Å². The molecule has 128 valence electrons. The van der Waals surface area contributed by atoms with Crippen molar-refractivity contribution >= 4 is 17.4 Å². The van der Waals surface area contributed by atoms with Gasteiger partial charge in [0, 0.05) is 18.0 Å². The maximum Gasteiger partial charge on any atom is 0.344 e. The van der Waals surface area contributed by atoms with E-state index in [2.05, 4.69) is 17.0 Å². The SMILES string of the molecule is CCCc1ccc(C(=O)COC(=O)c2c(C)nn3cccnc23)cc1. The minimum atomic E-state index is -0.595. The normalized spacial score (nSPS) is 10.8. The van der Waals surface area contributed by atoms with Gasteiger partial charge in [-0.1, -0.05) is 37.6 Å². The van der Waals surface area contributed by atoms with Crippen molar-refractivity contribution in [3.05, 3.63) is 65.1 Å². The summed E-state index contributed by atoms with van der Waals surface area (Å²) in [5, 5.41) is 4.22. The largest absolute Gasteiger partial charge is 0.454 e. The standard InChI is InChI=1S/C19H19N3O3/c1-3-5-14-6-8-15(9-7-14)16(23)12-25-19(24)17-13(2)21-22-11-4-10-20-18(17)22/h4,6-11H,3,5,12H2,1-2H3. The Bertz CT molecular complexity index is 913. The number of benzene rings is 1. The molecule has 0 saturated heterocycles. The van der Waals surface area contributed by atoms with Gasteiger partial charge in [0.1, 0.15) is 5.56 Å². The van der Waals surface area contributed by atoms with Crippen LogP contribution < -0.4 is 0 Å². The fourth-order valence-corrected chi connectivity index (χ4v) is 2.67. The Hall–Kier alpha value is -3.02. The van der Waals surface area contributed by atoms with E-state index in [-0.39, 0.29) is 18.0 Å². The van der Waals surface area contributed by atoms with Crippen molar-refractivity contribution < 1.29 is 14.3 Å². The number of hydrogen-bond acceptors (Lipinski definition) is 5. The Balaban J connectivity index is 1.69. The van der Waals surface area contributed by atoms with Gasteiger partial charge in [0.15, 0.2) is 18.0 Å². The second-order valence-corrected chi connectivity index (χ2v) is 5.79. The van der Waals surface area contributed by atoms with Crippen LogP contribution in [-0.4, -0.2) is 33.0 Å². The second-order valence-electron chi connectivity index (χ2n) is 5.79. The van der Waals surface area contributed by atoms with Crippen LogP contribution in [0.5, 0.6) is 0 Å². The first-order chi connectivity index (χ1) is 12.1. The van der Waals surface area contributed by atoms with Gasteiger partial charge in [-0.25, -0.2) is 14.3 Å². The highest BCUT2D eigenvalue weighted by molar-refractivity contribution is 6.01. The van der Waals surface area contributed by atoms with Crippen LogP contribution >= 0.6 is 0 Å². The smallest absolute Gasteiger partial charge is 0.344 e. The summed E-state index contributed by atoms with van der Waals surface area (Å²) in [6.07, 6.45) is 5.31. The van der Waals surface area contributed by atoms with Crippen LogP contribution in [0.1, 0.15) is 45.3 Å². The van der Waals surface area contributed by atoms with Gasteiger partial charge in [0.25, 0.3) is 0 Å². The summed E-state index contributed by atoms with van der Waals surface area (Å²) in [6.45, 7) is 3.50. The highest BCUT2D eigenvalue weighted by Crippen LogP contribution is 2.14. The highest BCUT2D eigenvalue weighted by Gasteiger charge is 2.20. The van der Waals surface area contributed by atoms with Gasteiger partial charge >= 0.3 is 5.97 Å². The summed E-state index contributed by atoms with van der Waals surface area (Å²) in [5.41, 5.74) is 2.93. The minimum absolute atomic E-state index is 0.238. The first-order valence-electron chi connectivity index (χ1n) is 8.19. The molecule has 0 saturated carbocycles. The molecule has 0 atom stereocenters. The van der Waals surface area contributed by atoms with Gasteiger partial charge in [-0.2, -0.15) is 5.10 Å². The Morgan fingerprint density at radius 2 is 1.96 bits per heavy atom. The predicted molar refractivity (Wildman–Crippen MR) is 92.8 cm³/mol. The Labute approximate surface area is 145 Å². The Morgan fingerprint density at radius 3 is 2.68 bits per heavy atom. The molecular formula is C19H19N3O3.